The lowest BCUT2D eigenvalue weighted by molar-refractivity contribution is 0.0783. The van der Waals surface area contributed by atoms with Crippen LogP contribution in [-0.2, 0) is 6.42 Å². The molecule has 2 N–H and O–H groups in total. The van der Waals surface area contributed by atoms with Crippen molar-refractivity contribution in [2.45, 2.75) is 46.1 Å². The van der Waals surface area contributed by atoms with Gasteiger partial charge in [-0.15, -0.1) is 11.3 Å². The maximum absolute atomic E-state index is 12.9. The lowest BCUT2D eigenvalue weighted by Crippen LogP contribution is -2.33. The van der Waals surface area contributed by atoms with Gasteiger partial charge in [-0.2, -0.15) is 0 Å². The van der Waals surface area contributed by atoms with Crippen LogP contribution >= 0.6 is 11.3 Å². The number of nitrogens with zero attached hydrogens (tertiary/aromatic N) is 2. The molecule has 1 aliphatic heterocycles. The molecule has 0 aromatic carbocycles. The minimum Gasteiger partial charge on any atom is -0.337 e. The van der Waals surface area contributed by atoms with Crippen LogP contribution in [-0.4, -0.2) is 34.9 Å². The van der Waals surface area contributed by atoms with Gasteiger partial charge in [0.25, 0.3) is 5.91 Å². The smallest absolute Gasteiger partial charge is 0.265 e. The standard InChI is InChI=1S/C16H25N3OS/c1-9(2)6-14-15(21-10(3)18-14)16(20)19-7-11-4-5-13(17)12(11)8-19/h9,11-13H,4-8,17H2,1-3H3. The molecule has 116 valence electrons. The minimum atomic E-state index is 0.179. The van der Waals surface area contributed by atoms with Gasteiger partial charge in [0.05, 0.1) is 10.7 Å². The average molecular weight is 307 g/mol. The lowest BCUT2D eigenvalue weighted by Gasteiger charge is -2.18. The third kappa shape index (κ3) is 2.86. The maximum atomic E-state index is 12.9. The fourth-order valence-corrected chi connectivity index (χ4v) is 4.69. The second-order valence-electron chi connectivity index (χ2n) is 6.98. The normalized spacial score (nSPS) is 28.4. The van der Waals surface area contributed by atoms with Gasteiger partial charge >= 0.3 is 0 Å². The molecule has 0 spiro atoms. The number of thiazole rings is 1. The summed E-state index contributed by atoms with van der Waals surface area (Å²) in [6.45, 7) is 8.04. The highest BCUT2D eigenvalue weighted by molar-refractivity contribution is 7.13. The maximum Gasteiger partial charge on any atom is 0.265 e. The number of rotatable bonds is 3. The van der Waals surface area contributed by atoms with Crippen LogP contribution in [0.2, 0.25) is 0 Å². The Kier molecular flexibility index (Phi) is 4.06. The average Bonchev–Trinajstić information content (AvgIpc) is 3.05. The molecule has 4 nitrogen and oxygen atoms in total. The van der Waals surface area contributed by atoms with Gasteiger partial charge in [-0.3, -0.25) is 4.79 Å². The topological polar surface area (TPSA) is 59.2 Å². The predicted molar refractivity (Wildman–Crippen MR) is 85.5 cm³/mol. The Morgan fingerprint density at radius 3 is 2.86 bits per heavy atom. The highest BCUT2D eigenvalue weighted by Gasteiger charge is 2.43. The molecule has 3 unspecified atom stereocenters. The fraction of sp³-hybridized carbons (Fsp3) is 0.750. The van der Waals surface area contributed by atoms with E-state index in [0.29, 0.717) is 17.8 Å². The van der Waals surface area contributed by atoms with Crippen LogP contribution in [0.1, 0.15) is 47.1 Å². The van der Waals surface area contributed by atoms with E-state index < -0.39 is 0 Å². The molecule has 3 rings (SSSR count). The zero-order valence-corrected chi connectivity index (χ0v) is 13.9. The molecule has 2 heterocycles. The molecule has 0 radical (unpaired) electrons. The monoisotopic (exact) mass is 307 g/mol. The highest BCUT2D eigenvalue weighted by atomic mass is 32.1. The number of carbonyl (C=O) groups excluding carboxylic acids is 1. The molecule has 5 heteroatoms. The number of amides is 1. The number of aryl methyl sites for hydroxylation is 1. The molecule has 1 aromatic rings. The van der Waals surface area contributed by atoms with Gasteiger partial charge in [-0.05, 0) is 43.9 Å². The van der Waals surface area contributed by atoms with Crippen molar-refractivity contribution < 1.29 is 4.79 Å². The first-order chi connectivity index (χ1) is 9.95. The predicted octanol–water partition coefficient (Wildman–Crippen LogP) is 2.46. The number of likely N-dealkylation sites (tertiary alicyclic amines) is 1. The quantitative estimate of drug-likeness (QED) is 0.933. The summed E-state index contributed by atoms with van der Waals surface area (Å²) in [7, 11) is 0. The molecule has 1 saturated heterocycles. The Bertz CT molecular complexity index is 540. The Balaban J connectivity index is 1.77. The highest BCUT2D eigenvalue weighted by Crippen LogP contribution is 2.38. The first-order valence-electron chi connectivity index (χ1n) is 7.97. The van der Waals surface area contributed by atoms with Gasteiger partial charge in [0.15, 0.2) is 0 Å². The van der Waals surface area contributed by atoms with Crippen LogP contribution in [0.15, 0.2) is 0 Å². The van der Waals surface area contributed by atoms with Crippen LogP contribution in [0, 0.1) is 24.7 Å². The second-order valence-corrected chi connectivity index (χ2v) is 8.19. The summed E-state index contributed by atoms with van der Waals surface area (Å²) >= 11 is 1.55. The van der Waals surface area contributed by atoms with Crippen molar-refractivity contribution in [3.63, 3.8) is 0 Å². The third-order valence-corrected chi connectivity index (χ3v) is 5.80. The molecule has 0 bridgehead atoms. The van der Waals surface area contributed by atoms with Crippen LogP contribution < -0.4 is 5.73 Å². The summed E-state index contributed by atoms with van der Waals surface area (Å²) in [6.07, 6.45) is 3.18. The van der Waals surface area contributed by atoms with Gasteiger partial charge in [0.1, 0.15) is 4.88 Å². The number of carbonyl (C=O) groups is 1. The molecular weight excluding hydrogens is 282 g/mol. The van der Waals surface area contributed by atoms with Gasteiger partial charge in [0.2, 0.25) is 0 Å². The van der Waals surface area contributed by atoms with E-state index in [1.165, 1.54) is 6.42 Å². The summed E-state index contributed by atoms with van der Waals surface area (Å²) in [4.78, 5) is 20.3. The molecule has 21 heavy (non-hydrogen) atoms. The number of nitrogens with two attached hydrogens (primary N) is 1. The molecule has 1 saturated carbocycles. The largest absolute Gasteiger partial charge is 0.337 e. The van der Waals surface area contributed by atoms with Crippen molar-refractivity contribution in [3.8, 4) is 0 Å². The SMILES string of the molecule is Cc1nc(CC(C)C)c(C(=O)N2CC3CCC(N)C3C2)s1. The second kappa shape index (κ2) is 5.69. The van der Waals surface area contributed by atoms with Gasteiger partial charge in [-0.25, -0.2) is 4.98 Å². The Hall–Kier alpha value is -0.940. The van der Waals surface area contributed by atoms with Crippen LogP contribution in [0.25, 0.3) is 0 Å². The first kappa shape index (κ1) is 15.0. The van der Waals surface area contributed by atoms with Crippen LogP contribution in [0.4, 0.5) is 0 Å². The third-order valence-electron chi connectivity index (χ3n) is 4.80. The fourth-order valence-electron chi connectivity index (χ4n) is 3.78. The zero-order valence-electron chi connectivity index (χ0n) is 13.1. The van der Waals surface area contributed by atoms with E-state index in [1.807, 2.05) is 11.8 Å². The van der Waals surface area contributed by atoms with E-state index in [2.05, 4.69) is 18.8 Å². The van der Waals surface area contributed by atoms with Crippen molar-refractivity contribution >= 4 is 17.2 Å². The minimum absolute atomic E-state index is 0.179. The van der Waals surface area contributed by atoms with Crippen molar-refractivity contribution in [3.05, 3.63) is 15.6 Å². The molecule has 3 atom stereocenters. The van der Waals surface area contributed by atoms with Crippen LogP contribution in [0.3, 0.4) is 0 Å². The summed E-state index contributed by atoms with van der Waals surface area (Å²) in [5, 5.41) is 0.991. The number of hydrogen-bond acceptors (Lipinski definition) is 4. The van der Waals surface area contributed by atoms with Crippen molar-refractivity contribution in [2.24, 2.45) is 23.5 Å². The summed E-state index contributed by atoms with van der Waals surface area (Å²) in [5.74, 6) is 1.82. The van der Waals surface area contributed by atoms with Crippen molar-refractivity contribution in [1.29, 1.82) is 0 Å². The Morgan fingerprint density at radius 2 is 2.19 bits per heavy atom. The van der Waals surface area contributed by atoms with Crippen LogP contribution in [0.5, 0.6) is 0 Å². The van der Waals surface area contributed by atoms with E-state index in [1.54, 1.807) is 11.3 Å². The van der Waals surface area contributed by atoms with E-state index in [4.69, 9.17) is 5.73 Å². The van der Waals surface area contributed by atoms with E-state index >= 15 is 0 Å². The van der Waals surface area contributed by atoms with E-state index in [-0.39, 0.29) is 11.9 Å². The molecule has 1 aromatic heterocycles. The molecule has 2 aliphatic rings. The Labute approximate surface area is 130 Å². The van der Waals surface area contributed by atoms with E-state index in [0.717, 1.165) is 41.5 Å². The van der Waals surface area contributed by atoms with Gasteiger partial charge < -0.3 is 10.6 Å². The number of aromatic nitrogens is 1. The van der Waals surface area contributed by atoms with Crippen molar-refractivity contribution in [1.82, 2.24) is 9.88 Å². The molecule has 1 amide bonds. The number of hydrogen-bond donors (Lipinski definition) is 1. The number of fused-ring (bicyclic) bond motifs is 1. The molecule has 2 fully saturated rings. The lowest BCUT2D eigenvalue weighted by atomic mass is 9.98. The summed E-state index contributed by atoms with van der Waals surface area (Å²) in [5.41, 5.74) is 7.16. The van der Waals surface area contributed by atoms with E-state index in [9.17, 15) is 4.79 Å². The summed E-state index contributed by atoms with van der Waals surface area (Å²) in [6, 6.07) is 0.283. The van der Waals surface area contributed by atoms with Crippen molar-refractivity contribution in [2.75, 3.05) is 13.1 Å². The molecule has 1 aliphatic carbocycles. The molecular formula is C16H25N3OS. The summed E-state index contributed by atoms with van der Waals surface area (Å²) < 4.78 is 0. The van der Waals surface area contributed by atoms with Gasteiger partial charge in [-0.1, -0.05) is 13.8 Å². The first-order valence-corrected chi connectivity index (χ1v) is 8.78. The van der Waals surface area contributed by atoms with Gasteiger partial charge in [0, 0.05) is 19.1 Å². The Morgan fingerprint density at radius 1 is 1.43 bits per heavy atom. The zero-order chi connectivity index (χ0) is 15.1.